The smallest absolute Gasteiger partial charge is 0.227 e. The molecular weight excluding hydrogens is 210 g/mol. The van der Waals surface area contributed by atoms with E-state index in [0.717, 1.165) is 18.1 Å². The maximum atomic E-state index is 3.98. The molecule has 0 unspecified atom stereocenters. The van der Waals surface area contributed by atoms with Crippen molar-refractivity contribution < 1.29 is 0 Å². The fourth-order valence-electron chi connectivity index (χ4n) is 1.22. The molecule has 2 aromatic rings. The molecule has 5 nitrogen and oxygen atoms in total. The minimum atomic E-state index is 0.851. The maximum absolute atomic E-state index is 3.98. The number of anilines is 1. The van der Waals surface area contributed by atoms with E-state index >= 15 is 0 Å². The van der Waals surface area contributed by atoms with Crippen molar-refractivity contribution in [3.8, 4) is 0 Å². The van der Waals surface area contributed by atoms with E-state index in [1.165, 1.54) is 17.1 Å². The molecule has 6 heteroatoms. The zero-order valence-electron chi connectivity index (χ0n) is 8.37. The summed E-state index contributed by atoms with van der Waals surface area (Å²) < 4.78 is 3.73. The average Bonchev–Trinajstić information content (AvgIpc) is 2.81. The van der Waals surface area contributed by atoms with Gasteiger partial charge in [0.25, 0.3) is 0 Å². The maximum Gasteiger partial charge on any atom is 0.227 e. The Hall–Kier alpha value is -1.56. The molecule has 0 saturated carbocycles. The molecule has 78 valence electrons. The summed E-state index contributed by atoms with van der Waals surface area (Å²) in [6.45, 7) is 0.904. The number of pyridine rings is 1. The second-order valence-corrected chi connectivity index (χ2v) is 3.88. The van der Waals surface area contributed by atoms with Crippen molar-refractivity contribution in [3.05, 3.63) is 30.1 Å². The van der Waals surface area contributed by atoms with Crippen LogP contribution in [0.5, 0.6) is 0 Å². The van der Waals surface area contributed by atoms with Crippen molar-refractivity contribution in [2.45, 2.75) is 6.42 Å². The summed E-state index contributed by atoms with van der Waals surface area (Å²) >= 11 is 1.31. The van der Waals surface area contributed by atoms with Gasteiger partial charge < -0.3 is 4.90 Å². The third kappa shape index (κ3) is 2.69. The van der Waals surface area contributed by atoms with Crippen LogP contribution in [0.4, 0.5) is 5.13 Å². The Morgan fingerprint density at radius 3 is 2.80 bits per heavy atom. The SMILES string of the molecule is CN(CCc1ccncc1)c1nnns1. The summed E-state index contributed by atoms with van der Waals surface area (Å²) in [5, 5.41) is 8.32. The summed E-state index contributed by atoms with van der Waals surface area (Å²) in [5.41, 5.74) is 1.27. The van der Waals surface area contributed by atoms with Crippen LogP contribution in [0.25, 0.3) is 0 Å². The van der Waals surface area contributed by atoms with Gasteiger partial charge in [0.15, 0.2) is 0 Å². The van der Waals surface area contributed by atoms with Gasteiger partial charge >= 0.3 is 0 Å². The Labute approximate surface area is 91.9 Å². The molecule has 2 heterocycles. The predicted molar refractivity (Wildman–Crippen MR) is 58.9 cm³/mol. The highest BCUT2D eigenvalue weighted by Crippen LogP contribution is 2.11. The van der Waals surface area contributed by atoms with E-state index in [4.69, 9.17) is 0 Å². The van der Waals surface area contributed by atoms with Crippen LogP contribution in [0.15, 0.2) is 24.5 Å². The molecule has 0 N–H and O–H groups in total. The van der Waals surface area contributed by atoms with Crippen LogP contribution < -0.4 is 4.90 Å². The van der Waals surface area contributed by atoms with E-state index in [9.17, 15) is 0 Å². The monoisotopic (exact) mass is 221 g/mol. The Morgan fingerprint density at radius 2 is 2.13 bits per heavy atom. The molecular formula is C9H11N5S. The predicted octanol–water partition coefficient (Wildman–Crippen LogP) is 1.01. The molecule has 2 rings (SSSR count). The minimum absolute atomic E-state index is 0.851. The lowest BCUT2D eigenvalue weighted by Gasteiger charge is -2.13. The Bertz CT molecular complexity index is 388. The molecule has 0 amide bonds. The molecule has 0 fully saturated rings. The lowest BCUT2D eigenvalue weighted by atomic mass is 10.2. The van der Waals surface area contributed by atoms with Gasteiger partial charge in [0, 0.05) is 37.5 Å². The average molecular weight is 221 g/mol. The van der Waals surface area contributed by atoms with Crippen LogP contribution in [0.2, 0.25) is 0 Å². The van der Waals surface area contributed by atoms with Gasteiger partial charge in [0.1, 0.15) is 0 Å². The lowest BCUT2D eigenvalue weighted by Crippen LogP contribution is -2.20. The molecule has 0 aliphatic carbocycles. The molecule has 0 spiro atoms. The zero-order valence-corrected chi connectivity index (χ0v) is 9.18. The van der Waals surface area contributed by atoms with E-state index < -0.39 is 0 Å². The molecule has 2 aromatic heterocycles. The van der Waals surface area contributed by atoms with Gasteiger partial charge in [-0.1, -0.05) is 9.59 Å². The van der Waals surface area contributed by atoms with Crippen LogP contribution in [0.1, 0.15) is 5.56 Å². The summed E-state index contributed by atoms with van der Waals surface area (Å²) in [6.07, 6.45) is 4.59. The molecule has 0 radical (unpaired) electrons. The number of hydrogen-bond acceptors (Lipinski definition) is 6. The first kappa shape index (κ1) is 9.97. The van der Waals surface area contributed by atoms with Crippen LogP contribution in [0.3, 0.4) is 0 Å². The summed E-state index contributed by atoms with van der Waals surface area (Å²) in [7, 11) is 1.99. The first-order valence-corrected chi connectivity index (χ1v) is 5.38. The molecule has 0 atom stereocenters. The van der Waals surface area contributed by atoms with Crippen LogP contribution in [-0.4, -0.2) is 33.4 Å². The number of hydrogen-bond donors (Lipinski definition) is 0. The standard InChI is InChI=1S/C9H11N5S/c1-14(9-11-12-13-15-9)7-4-8-2-5-10-6-3-8/h2-3,5-6H,4,7H2,1H3. The van der Waals surface area contributed by atoms with Crippen LogP contribution in [-0.2, 0) is 6.42 Å². The zero-order chi connectivity index (χ0) is 10.5. The number of rotatable bonds is 4. The highest BCUT2D eigenvalue weighted by Gasteiger charge is 2.04. The van der Waals surface area contributed by atoms with E-state index in [-0.39, 0.29) is 0 Å². The van der Waals surface area contributed by atoms with Crippen molar-refractivity contribution in [2.24, 2.45) is 0 Å². The first-order chi connectivity index (χ1) is 7.36. The number of aromatic nitrogens is 4. The normalized spacial score (nSPS) is 10.2. The van der Waals surface area contributed by atoms with Crippen LogP contribution in [0, 0.1) is 0 Å². The fraction of sp³-hybridized carbons (Fsp3) is 0.333. The van der Waals surface area contributed by atoms with Crippen molar-refractivity contribution in [1.82, 2.24) is 19.8 Å². The van der Waals surface area contributed by atoms with Gasteiger partial charge in [0.05, 0.1) is 0 Å². The Kier molecular flexibility index (Phi) is 3.18. The number of nitrogens with zero attached hydrogens (tertiary/aromatic N) is 5. The fourth-order valence-corrected chi connectivity index (χ4v) is 1.67. The third-order valence-corrected chi connectivity index (χ3v) is 2.81. The second-order valence-electron chi connectivity index (χ2n) is 3.17. The molecule has 0 aliphatic rings. The third-order valence-electron chi connectivity index (χ3n) is 2.10. The Morgan fingerprint density at radius 1 is 1.33 bits per heavy atom. The van der Waals surface area contributed by atoms with Gasteiger partial charge in [-0.25, -0.2) is 0 Å². The highest BCUT2D eigenvalue weighted by atomic mass is 32.1. The molecule has 0 aromatic carbocycles. The largest absolute Gasteiger partial charge is 0.348 e. The second kappa shape index (κ2) is 4.79. The van der Waals surface area contributed by atoms with E-state index in [2.05, 4.69) is 19.8 Å². The lowest BCUT2D eigenvalue weighted by molar-refractivity contribution is 0.847. The van der Waals surface area contributed by atoms with Gasteiger partial charge in [-0.15, -0.1) is 0 Å². The van der Waals surface area contributed by atoms with E-state index in [1.54, 1.807) is 0 Å². The van der Waals surface area contributed by atoms with Crippen LogP contribution >= 0.6 is 11.5 Å². The summed E-state index contributed by atoms with van der Waals surface area (Å²) in [5.74, 6) is 0. The molecule has 15 heavy (non-hydrogen) atoms. The van der Waals surface area contributed by atoms with E-state index in [0.29, 0.717) is 0 Å². The van der Waals surface area contributed by atoms with Crippen molar-refractivity contribution in [3.63, 3.8) is 0 Å². The van der Waals surface area contributed by atoms with E-state index in [1.807, 2.05) is 36.5 Å². The molecule has 0 saturated heterocycles. The molecule has 0 bridgehead atoms. The topological polar surface area (TPSA) is 54.8 Å². The first-order valence-electron chi connectivity index (χ1n) is 4.61. The van der Waals surface area contributed by atoms with Gasteiger partial charge in [-0.3, -0.25) is 4.98 Å². The summed E-state index contributed by atoms with van der Waals surface area (Å²) in [6, 6.07) is 4.04. The molecule has 0 aliphatic heterocycles. The number of likely N-dealkylation sites (N-methyl/N-ethyl adjacent to an activating group) is 1. The van der Waals surface area contributed by atoms with Gasteiger partial charge in [-0.2, -0.15) is 0 Å². The quantitative estimate of drug-likeness (QED) is 0.771. The Balaban J connectivity index is 1.89. The minimum Gasteiger partial charge on any atom is -0.348 e. The summed E-state index contributed by atoms with van der Waals surface area (Å²) in [4.78, 5) is 6.03. The van der Waals surface area contributed by atoms with Gasteiger partial charge in [0.2, 0.25) is 5.13 Å². The van der Waals surface area contributed by atoms with Crippen molar-refractivity contribution >= 4 is 16.7 Å². The van der Waals surface area contributed by atoms with Crippen molar-refractivity contribution in [2.75, 3.05) is 18.5 Å². The van der Waals surface area contributed by atoms with Gasteiger partial charge in [-0.05, 0) is 29.3 Å². The van der Waals surface area contributed by atoms with Crippen molar-refractivity contribution in [1.29, 1.82) is 0 Å². The highest BCUT2D eigenvalue weighted by molar-refractivity contribution is 7.09.